The number of nitrogens with zero attached hydrogens (tertiary/aromatic N) is 5. The summed E-state index contributed by atoms with van der Waals surface area (Å²) in [6, 6.07) is 4.82. The Bertz CT molecular complexity index is 722. The van der Waals surface area contributed by atoms with Gasteiger partial charge in [0, 0.05) is 20.2 Å². The van der Waals surface area contributed by atoms with Crippen LogP contribution in [-0.4, -0.2) is 65.1 Å². The highest BCUT2D eigenvalue weighted by atomic mass is 35.5. The summed E-state index contributed by atoms with van der Waals surface area (Å²) in [5, 5.41) is 11.8. The number of hydrogen-bond acceptors (Lipinski definition) is 6. The predicted octanol–water partition coefficient (Wildman–Crippen LogP) is 2.18. The van der Waals surface area contributed by atoms with Crippen LogP contribution in [0.2, 0.25) is 0 Å². The fourth-order valence-electron chi connectivity index (χ4n) is 2.99. The van der Waals surface area contributed by atoms with Crippen molar-refractivity contribution in [2.75, 3.05) is 40.0 Å². The first kappa shape index (κ1) is 21.5. The van der Waals surface area contributed by atoms with Gasteiger partial charge in [0.25, 0.3) is 0 Å². The Hall–Kier alpha value is -1.75. The van der Waals surface area contributed by atoms with E-state index in [0.29, 0.717) is 50.8 Å². The fraction of sp³-hybridized carbons (Fsp3) is 0.562. The molecule has 1 saturated heterocycles. The molecule has 27 heavy (non-hydrogen) atoms. The second-order valence-corrected chi connectivity index (χ2v) is 5.93. The van der Waals surface area contributed by atoms with Crippen molar-refractivity contribution in [1.29, 1.82) is 0 Å². The van der Waals surface area contributed by atoms with Gasteiger partial charge in [-0.2, -0.15) is 13.2 Å². The summed E-state index contributed by atoms with van der Waals surface area (Å²) in [4.78, 5) is 2.04. The third-order valence-electron chi connectivity index (χ3n) is 4.25. The molecule has 1 fully saturated rings. The average Bonchev–Trinajstić information content (AvgIpc) is 3.09. The molecule has 0 spiro atoms. The Morgan fingerprint density at radius 3 is 2.67 bits per heavy atom. The zero-order chi connectivity index (χ0) is 18.6. The SMILES string of the molecule is COCCn1nnnc1C(c1cccc(C(F)(F)F)c1)N1CCOCC1.Cl. The van der Waals surface area contributed by atoms with Crippen molar-refractivity contribution in [1.82, 2.24) is 25.1 Å². The molecule has 0 N–H and O–H groups in total. The van der Waals surface area contributed by atoms with Crippen molar-refractivity contribution in [3.8, 4) is 0 Å². The minimum absolute atomic E-state index is 0. The topological polar surface area (TPSA) is 65.3 Å². The van der Waals surface area contributed by atoms with Crippen LogP contribution in [0, 0.1) is 0 Å². The van der Waals surface area contributed by atoms with Crippen molar-refractivity contribution >= 4 is 12.4 Å². The predicted molar refractivity (Wildman–Crippen MR) is 92.6 cm³/mol. The Morgan fingerprint density at radius 2 is 2.00 bits per heavy atom. The molecule has 1 aromatic carbocycles. The molecule has 0 amide bonds. The van der Waals surface area contributed by atoms with Gasteiger partial charge in [0.15, 0.2) is 5.82 Å². The van der Waals surface area contributed by atoms with Crippen LogP contribution in [0.4, 0.5) is 13.2 Å². The molecule has 1 atom stereocenters. The highest BCUT2D eigenvalue weighted by molar-refractivity contribution is 5.85. The first-order chi connectivity index (χ1) is 12.5. The monoisotopic (exact) mass is 407 g/mol. The molecular formula is C16H21ClF3N5O2. The first-order valence-corrected chi connectivity index (χ1v) is 8.24. The maximum atomic E-state index is 13.2. The van der Waals surface area contributed by atoms with Gasteiger partial charge in [-0.1, -0.05) is 12.1 Å². The minimum Gasteiger partial charge on any atom is -0.383 e. The molecule has 11 heteroatoms. The molecule has 150 valence electrons. The van der Waals surface area contributed by atoms with E-state index in [-0.39, 0.29) is 12.4 Å². The van der Waals surface area contributed by atoms with Crippen LogP contribution in [0.25, 0.3) is 0 Å². The van der Waals surface area contributed by atoms with Gasteiger partial charge in [0.1, 0.15) is 0 Å². The Balaban J connectivity index is 0.00000261. The second kappa shape index (κ2) is 9.45. The van der Waals surface area contributed by atoms with Crippen LogP contribution in [0.5, 0.6) is 0 Å². The zero-order valence-corrected chi connectivity index (χ0v) is 15.5. The lowest BCUT2D eigenvalue weighted by molar-refractivity contribution is -0.137. The molecular weight excluding hydrogens is 387 g/mol. The smallest absolute Gasteiger partial charge is 0.383 e. The van der Waals surface area contributed by atoms with Crippen LogP contribution in [0.15, 0.2) is 24.3 Å². The maximum Gasteiger partial charge on any atom is 0.416 e. The van der Waals surface area contributed by atoms with Gasteiger partial charge < -0.3 is 9.47 Å². The van der Waals surface area contributed by atoms with Gasteiger partial charge in [-0.25, -0.2) is 4.68 Å². The summed E-state index contributed by atoms with van der Waals surface area (Å²) >= 11 is 0. The van der Waals surface area contributed by atoms with Crippen molar-refractivity contribution in [2.45, 2.75) is 18.8 Å². The Morgan fingerprint density at radius 1 is 1.26 bits per heavy atom. The molecule has 1 aliphatic rings. The van der Waals surface area contributed by atoms with E-state index in [0.717, 1.165) is 12.1 Å². The van der Waals surface area contributed by atoms with Crippen molar-refractivity contribution < 1.29 is 22.6 Å². The lowest BCUT2D eigenvalue weighted by Crippen LogP contribution is -2.40. The summed E-state index contributed by atoms with van der Waals surface area (Å²) in [6.45, 7) is 3.00. The number of rotatable bonds is 6. The third kappa shape index (κ3) is 5.16. The van der Waals surface area contributed by atoms with Gasteiger partial charge in [-0.3, -0.25) is 4.90 Å². The van der Waals surface area contributed by atoms with E-state index in [2.05, 4.69) is 15.5 Å². The van der Waals surface area contributed by atoms with Crippen molar-refractivity contribution in [2.24, 2.45) is 0 Å². The number of alkyl halides is 3. The van der Waals surface area contributed by atoms with E-state index in [9.17, 15) is 13.2 Å². The fourth-order valence-corrected chi connectivity index (χ4v) is 2.99. The summed E-state index contributed by atoms with van der Waals surface area (Å²) < 4.78 is 51.5. The molecule has 7 nitrogen and oxygen atoms in total. The summed E-state index contributed by atoms with van der Waals surface area (Å²) in [5.74, 6) is 0.489. The number of tetrazole rings is 1. The largest absolute Gasteiger partial charge is 0.416 e. The lowest BCUT2D eigenvalue weighted by Gasteiger charge is -2.34. The normalized spacial score (nSPS) is 16.7. The van der Waals surface area contributed by atoms with Crippen LogP contribution < -0.4 is 0 Å². The number of methoxy groups -OCH3 is 1. The maximum absolute atomic E-state index is 13.2. The summed E-state index contributed by atoms with van der Waals surface area (Å²) in [7, 11) is 1.57. The molecule has 2 heterocycles. The van der Waals surface area contributed by atoms with Crippen LogP contribution in [-0.2, 0) is 22.2 Å². The molecule has 1 aromatic heterocycles. The zero-order valence-electron chi connectivity index (χ0n) is 14.7. The molecule has 0 bridgehead atoms. The average molecular weight is 408 g/mol. The highest BCUT2D eigenvalue weighted by Gasteiger charge is 2.34. The van der Waals surface area contributed by atoms with Crippen molar-refractivity contribution in [3.05, 3.63) is 41.2 Å². The quantitative estimate of drug-likeness (QED) is 0.731. The van der Waals surface area contributed by atoms with E-state index >= 15 is 0 Å². The number of halogens is 4. The van der Waals surface area contributed by atoms with Gasteiger partial charge in [0.2, 0.25) is 0 Å². The molecule has 1 unspecified atom stereocenters. The molecule has 0 saturated carbocycles. The van der Waals surface area contributed by atoms with Crippen LogP contribution in [0.3, 0.4) is 0 Å². The van der Waals surface area contributed by atoms with Crippen LogP contribution >= 0.6 is 12.4 Å². The first-order valence-electron chi connectivity index (χ1n) is 8.24. The number of benzene rings is 1. The van der Waals surface area contributed by atoms with Gasteiger partial charge >= 0.3 is 6.18 Å². The molecule has 0 aliphatic carbocycles. The number of morpholine rings is 1. The van der Waals surface area contributed by atoms with Gasteiger partial charge in [-0.05, 0) is 28.1 Å². The Labute approximate surface area is 160 Å². The third-order valence-corrected chi connectivity index (χ3v) is 4.25. The van der Waals surface area contributed by atoms with E-state index < -0.39 is 17.8 Å². The van der Waals surface area contributed by atoms with Gasteiger partial charge in [-0.15, -0.1) is 17.5 Å². The molecule has 3 rings (SSSR count). The summed E-state index contributed by atoms with van der Waals surface area (Å²) in [5.41, 5.74) is -0.195. The molecule has 1 aliphatic heterocycles. The van der Waals surface area contributed by atoms with E-state index in [4.69, 9.17) is 9.47 Å². The number of hydrogen-bond donors (Lipinski definition) is 0. The standard InChI is InChI=1S/C16H20F3N5O2.ClH/c1-25-8-7-24-15(20-21-22-24)14(23-5-9-26-10-6-23)12-3-2-4-13(11-12)16(17,18)19;/h2-4,11,14H,5-10H2,1H3;1H. The van der Waals surface area contributed by atoms with E-state index in [1.165, 1.54) is 6.07 Å². The van der Waals surface area contributed by atoms with Crippen LogP contribution in [0.1, 0.15) is 23.0 Å². The molecule has 2 aromatic rings. The number of aromatic nitrogens is 4. The number of ether oxygens (including phenoxy) is 2. The van der Waals surface area contributed by atoms with E-state index in [1.807, 2.05) is 4.90 Å². The Kier molecular flexibility index (Phi) is 7.54. The lowest BCUT2D eigenvalue weighted by atomic mass is 10.0. The second-order valence-electron chi connectivity index (χ2n) is 5.93. The van der Waals surface area contributed by atoms with E-state index in [1.54, 1.807) is 17.9 Å². The molecule has 0 radical (unpaired) electrons. The minimum atomic E-state index is -4.41. The van der Waals surface area contributed by atoms with Crippen molar-refractivity contribution in [3.63, 3.8) is 0 Å². The van der Waals surface area contributed by atoms with Gasteiger partial charge in [0.05, 0.1) is 38.0 Å². The summed E-state index contributed by atoms with van der Waals surface area (Å²) in [6.07, 6.45) is -4.41. The highest BCUT2D eigenvalue weighted by Crippen LogP contribution is 2.34.